The predicted molar refractivity (Wildman–Crippen MR) is 55.5 cm³/mol. The monoisotopic (exact) mass is 176 g/mol. The Labute approximate surface area is 79.7 Å². The molecule has 1 unspecified atom stereocenters. The van der Waals surface area contributed by atoms with Crippen LogP contribution in [0.2, 0.25) is 0 Å². The standard InChI is InChI=1S/C11H16N2/c1-3-4-7-13-10(2)11-5-8-12-9-6-11/h3-6,8-10,13H,7H2,1-2H3/b4-3+. The Bertz CT molecular complexity index is 254. The van der Waals surface area contributed by atoms with Crippen molar-refractivity contribution in [3.63, 3.8) is 0 Å². The number of nitrogens with zero attached hydrogens (tertiary/aromatic N) is 1. The van der Waals surface area contributed by atoms with Gasteiger partial charge in [-0.2, -0.15) is 0 Å². The van der Waals surface area contributed by atoms with Crippen molar-refractivity contribution in [1.29, 1.82) is 0 Å². The molecular formula is C11H16N2. The Kier molecular flexibility index (Phi) is 4.19. The van der Waals surface area contributed by atoms with Crippen LogP contribution in [0.3, 0.4) is 0 Å². The highest BCUT2D eigenvalue weighted by Gasteiger charge is 2.00. The molecule has 0 aliphatic rings. The fourth-order valence-electron chi connectivity index (χ4n) is 1.13. The molecule has 1 aromatic heterocycles. The summed E-state index contributed by atoms with van der Waals surface area (Å²) in [6.07, 6.45) is 7.80. The fourth-order valence-corrected chi connectivity index (χ4v) is 1.13. The largest absolute Gasteiger partial charge is 0.307 e. The van der Waals surface area contributed by atoms with E-state index in [0.29, 0.717) is 6.04 Å². The van der Waals surface area contributed by atoms with Crippen molar-refractivity contribution in [3.8, 4) is 0 Å². The first-order chi connectivity index (χ1) is 6.34. The van der Waals surface area contributed by atoms with Crippen molar-refractivity contribution >= 4 is 0 Å². The molecule has 2 heteroatoms. The number of hydrogen-bond donors (Lipinski definition) is 1. The number of nitrogens with one attached hydrogen (secondary N) is 1. The molecule has 1 atom stereocenters. The summed E-state index contributed by atoms with van der Waals surface area (Å²) in [6.45, 7) is 5.09. The van der Waals surface area contributed by atoms with E-state index >= 15 is 0 Å². The summed E-state index contributed by atoms with van der Waals surface area (Å²) in [4.78, 5) is 3.98. The van der Waals surface area contributed by atoms with Crippen molar-refractivity contribution in [1.82, 2.24) is 10.3 Å². The van der Waals surface area contributed by atoms with Crippen molar-refractivity contribution < 1.29 is 0 Å². The molecule has 0 spiro atoms. The predicted octanol–water partition coefficient (Wildman–Crippen LogP) is 2.31. The lowest BCUT2D eigenvalue weighted by Crippen LogP contribution is -2.18. The van der Waals surface area contributed by atoms with Gasteiger partial charge in [0.1, 0.15) is 0 Å². The van der Waals surface area contributed by atoms with Crippen molar-refractivity contribution in [2.75, 3.05) is 6.54 Å². The Morgan fingerprint density at radius 2 is 2.15 bits per heavy atom. The molecule has 0 saturated carbocycles. The molecule has 1 heterocycles. The van der Waals surface area contributed by atoms with Gasteiger partial charge in [-0.1, -0.05) is 12.2 Å². The molecule has 0 radical (unpaired) electrons. The number of hydrogen-bond acceptors (Lipinski definition) is 2. The van der Waals surface area contributed by atoms with Crippen LogP contribution in [0, 0.1) is 0 Å². The first-order valence-electron chi connectivity index (χ1n) is 4.59. The third-order valence-electron chi connectivity index (χ3n) is 1.98. The number of pyridine rings is 1. The zero-order valence-electron chi connectivity index (χ0n) is 8.20. The van der Waals surface area contributed by atoms with E-state index in [0.717, 1.165) is 6.54 Å². The molecule has 70 valence electrons. The van der Waals surface area contributed by atoms with E-state index in [9.17, 15) is 0 Å². The van der Waals surface area contributed by atoms with Gasteiger partial charge in [-0.25, -0.2) is 0 Å². The second-order valence-corrected chi connectivity index (χ2v) is 2.98. The molecule has 1 rings (SSSR count). The van der Waals surface area contributed by atoms with Crippen LogP contribution in [0.4, 0.5) is 0 Å². The SMILES string of the molecule is C/C=C/CNC(C)c1ccncc1. The lowest BCUT2D eigenvalue weighted by atomic mass is 10.1. The number of aromatic nitrogens is 1. The summed E-state index contributed by atoms with van der Waals surface area (Å²) >= 11 is 0. The van der Waals surface area contributed by atoms with Gasteiger partial charge >= 0.3 is 0 Å². The Morgan fingerprint density at radius 1 is 1.46 bits per heavy atom. The summed E-state index contributed by atoms with van der Waals surface area (Å²) in [5.41, 5.74) is 1.28. The van der Waals surface area contributed by atoms with Crippen LogP contribution in [0.25, 0.3) is 0 Å². The van der Waals surface area contributed by atoms with Crippen LogP contribution in [-0.4, -0.2) is 11.5 Å². The third kappa shape index (κ3) is 3.38. The van der Waals surface area contributed by atoms with E-state index in [1.165, 1.54) is 5.56 Å². The van der Waals surface area contributed by atoms with E-state index in [4.69, 9.17) is 0 Å². The molecule has 0 aromatic carbocycles. The van der Waals surface area contributed by atoms with Gasteiger partial charge in [0, 0.05) is 25.0 Å². The Balaban J connectivity index is 2.44. The van der Waals surface area contributed by atoms with Gasteiger partial charge < -0.3 is 5.32 Å². The maximum Gasteiger partial charge on any atom is 0.0295 e. The van der Waals surface area contributed by atoms with Gasteiger partial charge in [0.05, 0.1) is 0 Å². The van der Waals surface area contributed by atoms with Gasteiger partial charge in [-0.05, 0) is 31.5 Å². The highest BCUT2D eigenvalue weighted by Crippen LogP contribution is 2.09. The van der Waals surface area contributed by atoms with Crippen LogP contribution in [-0.2, 0) is 0 Å². The second kappa shape index (κ2) is 5.49. The average molecular weight is 176 g/mol. The lowest BCUT2D eigenvalue weighted by molar-refractivity contribution is 0.616. The van der Waals surface area contributed by atoms with Crippen LogP contribution in [0.15, 0.2) is 36.7 Å². The summed E-state index contributed by atoms with van der Waals surface area (Å²) in [6, 6.07) is 4.46. The van der Waals surface area contributed by atoms with Crippen molar-refractivity contribution in [3.05, 3.63) is 42.2 Å². The fraction of sp³-hybridized carbons (Fsp3) is 0.364. The van der Waals surface area contributed by atoms with E-state index < -0.39 is 0 Å². The minimum absolute atomic E-state index is 0.388. The van der Waals surface area contributed by atoms with Gasteiger partial charge in [0.25, 0.3) is 0 Å². The second-order valence-electron chi connectivity index (χ2n) is 2.98. The van der Waals surface area contributed by atoms with E-state index in [1.54, 1.807) is 0 Å². The van der Waals surface area contributed by atoms with Crippen molar-refractivity contribution in [2.45, 2.75) is 19.9 Å². The molecule has 0 aliphatic heterocycles. The van der Waals surface area contributed by atoms with E-state index in [1.807, 2.05) is 37.5 Å². The van der Waals surface area contributed by atoms with Crippen LogP contribution in [0.5, 0.6) is 0 Å². The average Bonchev–Trinajstić information content (AvgIpc) is 2.19. The molecule has 13 heavy (non-hydrogen) atoms. The quantitative estimate of drug-likeness (QED) is 0.712. The highest BCUT2D eigenvalue weighted by atomic mass is 14.9. The molecule has 0 fully saturated rings. The maximum absolute atomic E-state index is 3.98. The minimum Gasteiger partial charge on any atom is -0.307 e. The number of allylic oxidation sites excluding steroid dienone is 1. The molecule has 1 aromatic rings. The molecule has 0 saturated heterocycles. The molecule has 1 N–H and O–H groups in total. The minimum atomic E-state index is 0.388. The lowest BCUT2D eigenvalue weighted by Gasteiger charge is -2.11. The van der Waals surface area contributed by atoms with E-state index in [2.05, 4.69) is 23.3 Å². The molecule has 0 bridgehead atoms. The summed E-state index contributed by atoms with van der Waals surface area (Å²) in [5.74, 6) is 0. The summed E-state index contributed by atoms with van der Waals surface area (Å²) in [7, 11) is 0. The van der Waals surface area contributed by atoms with Gasteiger partial charge in [-0.15, -0.1) is 0 Å². The number of rotatable bonds is 4. The Morgan fingerprint density at radius 3 is 2.77 bits per heavy atom. The maximum atomic E-state index is 3.98. The third-order valence-corrected chi connectivity index (χ3v) is 1.98. The van der Waals surface area contributed by atoms with Crippen LogP contribution < -0.4 is 5.32 Å². The first-order valence-corrected chi connectivity index (χ1v) is 4.59. The van der Waals surface area contributed by atoms with Gasteiger partial charge in [0.2, 0.25) is 0 Å². The molecule has 0 amide bonds. The smallest absolute Gasteiger partial charge is 0.0295 e. The first kappa shape index (κ1) is 9.93. The van der Waals surface area contributed by atoms with Crippen molar-refractivity contribution in [2.24, 2.45) is 0 Å². The molecule has 2 nitrogen and oxygen atoms in total. The topological polar surface area (TPSA) is 24.9 Å². The van der Waals surface area contributed by atoms with Crippen LogP contribution >= 0.6 is 0 Å². The van der Waals surface area contributed by atoms with E-state index in [-0.39, 0.29) is 0 Å². The van der Waals surface area contributed by atoms with Gasteiger partial charge in [-0.3, -0.25) is 4.98 Å². The molecule has 0 aliphatic carbocycles. The summed E-state index contributed by atoms with van der Waals surface area (Å²) < 4.78 is 0. The highest BCUT2D eigenvalue weighted by molar-refractivity contribution is 5.14. The molecular weight excluding hydrogens is 160 g/mol. The van der Waals surface area contributed by atoms with Gasteiger partial charge in [0.15, 0.2) is 0 Å². The Hall–Kier alpha value is -1.15. The zero-order valence-corrected chi connectivity index (χ0v) is 8.20. The normalized spacial score (nSPS) is 13.4. The summed E-state index contributed by atoms with van der Waals surface area (Å²) in [5, 5.41) is 3.39. The zero-order chi connectivity index (χ0) is 9.52. The van der Waals surface area contributed by atoms with Crippen LogP contribution in [0.1, 0.15) is 25.5 Å².